The summed E-state index contributed by atoms with van der Waals surface area (Å²) in [4.78, 5) is 12.5. The van der Waals surface area contributed by atoms with Crippen molar-refractivity contribution in [2.75, 3.05) is 7.11 Å². The van der Waals surface area contributed by atoms with Crippen LogP contribution in [-0.2, 0) is 14.3 Å². The first kappa shape index (κ1) is 25.4. The number of carbonyl (C=O) groups excluding carboxylic acids is 1. The number of hydrogen-bond donors (Lipinski definition) is 0. The minimum absolute atomic E-state index is 0.103. The van der Waals surface area contributed by atoms with Gasteiger partial charge in [-0.2, -0.15) is 0 Å². The van der Waals surface area contributed by atoms with E-state index in [0.717, 1.165) is 6.42 Å². The summed E-state index contributed by atoms with van der Waals surface area (Å²) in [7, 11) is -2.77. The van der Waals surface area contributed by atoms with Gasteiger partial charge >= 0.3 is 5.97 Å². The van der Waals surface area contributed by atoms with Crippen molar-refractivity contribution in [2.45, 2.75) is 83.4 Å². The summed E-state index contributed by atoms with van der Waals surface area (Å²) in [6.07, 6.45) is 3.04. The fourth-order valence-electron chi connectivity index (χ4n) is 6.71. The molecule has 0 amide bonds. The minimum atomic E-state index is -1.58. The molecule has 0 saturated heterocycles. The fraction of sp³-hybridized carbons (Fsp3) is 0.609. The smallest absolute Gasteiger partial charge is 0.373 e. The first-order valence-electron chi connectivity index (χ1n) is 11.2. The molecule has 0 aliphatic carbocycles. The quantitative estimate of drug-likeness (QED) is 0.340. The molecule has 1 aliphatic rings. The SMILES string of the molecule is COC(=O)C1=CC(c2ccccc2)CC(C[Si]([Si](C)(C)C)([Si](C)(C)C)[Si](C)(C)C)O1. The van der Waals surface area contributed by atoms with Gasteiger partial charge in [0.15, 0.2) is 0 Å². The third kappa shape index (κ3) is 4.94. The molecule has 2 unspecified atom stereocenters. The average Bonchev–Trinajstić information content (AvgIpc) is 2.62. The lowest BCUT2D eigenvalue weighted by atomic mass is 9.91. The summed E-state index contributed by atoms with van der Waals surface area (Å²) in [5.41, 5.74) is 1.26. The van der Waals surface area contributed by atoms with Gasteiger partial charge in [-0.05, 0) is 24.1 Å². The van der Waals surface area contributed by atoms with Crippen LogP contribution in [0.2, 0.25) is 65.0 Å². The molecule has 0 fully saturated rings. The third-order valence-corrected chi connectivity index (χ3v) is 81.3. The Kier molecular flexibility index (Phi) is 7.54. The maximum Gasteiger partial charge on any atom is 0.373 e. The minimum Gasteiger partial charge on any atom is -0.484 e. The second-order valence-electron chi connectivity index (χ2n) is 11.9. The van der Waals surface area contributed by atoms with Crippen LogP contribution in [0.1, 0.15) is 17.9 Å². The van der Waals surface area contributed by atoms with Crippen molar-refractivity contribution in [3.63, 3.8) is 0 Å². The highest BCUT2D eigenvalue weighted by Gasteiger charge is 2.62. The number of allylic oxidation sites excluding steroid dienone is 1. The topological polar surface area (TPSA) is 35.5 Å². The predicted molar refractivity (Wildman–Crippen MR) is 139 cm³/mol. The van der Waals surface area contributed by atoms with E-state index in [0.29, 0.717) is 5.76 Å². The first-order chi connectivity index (χ1) is 13.6. The fourth-order valence-corrected chi connectivity index (χ4v) is 105. The van der Waals surface area contributed by atoms with Crippen molar-refractivity contribution < 1.29 is 14.3 Å². The van der Waals surface area contributed by atoms with Crippen molar-refractivity contribution in [2.24, 2.45) is 0 Å². The lowest BCUT2D eigenvalue weighted by molar-refractivity contribution is -0.141. The monoisotopic (exact) mass is 478 g/mol. The van der Waals surface area contributed by atoms with E-state index in [-0.39, 0.29) is 18.0 Å². The van der Waals surface area contributed by atoms with E-state index in [1.807, 2.05) is 12.1 Å². The van der Waals surface area contributed by atoms with Gasteiger partial charge in [0.1, 0.15) is 0 Å². The summed E-state index contributed by atoms with van der Waals surface area (Å²) in [5, 5.41) is 0. The molecule has 2 atom stereocenters. The van der Waals surface area contributed by atoms with Gasteiger partial charge in [0.05, 0.1) is 13.2 Å². The molecule has 0 N–H and O–H groups in total. The Morgan fingerprint density at radius 1 is 0.933 bits per heavy atom. The van der Waals surface area contributed by atoms with Crippen LogP contribution in [-0.4, -0.2) is 48.6 Å². The van der Waals surface area contributed by atoms with Gasteiger partial charge in [-0.1, -0.05) is 89.3 Å². The van der Waals surface area contributed by atoms with Crippen LogP contribution in [0.15, 0.2) is 42.2 Å². The van der Waals surface area contributed by atoms with E-state index < -0.39 is 29.4 Å². The number of hydrogen-bond acceptors (Lipinski definition) is 3. The number of methoxy groups -OCH3 is 1. The average molecular weight is 479 g/mol. The van der Waals surface area contributed by atoms with Gasteiger partial charge in [0, 0.05) is 35.3 Å². The van der Waals surface area contributed by atoms with Crippen LogP contribution in [0, 0.1) is 0 Å². The molecule has 168 valence electrons. The third-order valence-electron chi connectivity index (χ3n) is 7.15. The molecule has 0 bridgehead atoms. The zero-order chi connectivity index (χ0) is 23.0. The van der Waals surface area contributed by atoms with Crippen molar-refractivity contribution in [3.8, 4) is 0 Å². The van der Waals surface area contributed by atoms with Crippen LogP contribution >= 0.6 is 0 Å². The van der Waals surface area contributed by atoms with E-state index in [2.05, 4.69) is 83.2 Å². The van der Waals surface area contributed by atoms with Crippen molar-refractivity contribution in [3.05, 3.63) is 47.7 Å². The van der Waals surface area contributed by atoms with Crippen LogP contribution in [0.5, 0.6) is 0 Å². The Labute approximate surface area is 187 Å². The van der Waals surface area contributed by atoms with E-state index in [4.69, 9.17) is 9.47 Å². The molecule has 1 aromatic rings. The van der Waals surface area contributed by atoms with Gasteiger partial charge in [-0.15, -0.1) is 0 Å². The molecule has 0 saturated carbocycles. The predicted octanol–water partition coefficient (Wildman–Crippen LogP) is 6.31. The van der Waals surface area contributed by atoms with Crippen molar-refractivity contribution in [1.82, 2.24) is 0 Å². The van der Waals surface area contributed by atoms with Crippen LogP contribution in [0.4, 0.5) is 0 Å². The molecule has 30 heavy (non-hydrogen) atoms. The molecule has 1 aliphatic heterocycles. The van der Waals surface area contributed by atoms with Crippen LogP contribution in [0.25, 0.3) is 0 Å². The summed E-state index contributed by atoms with van der Waals surface area (Å²) >= 11 is 0. The van der Waals surface area contributed by atoms with Crippen LogP contribution in [0.3, 0.4) is 0 Å². The zero-order valence-corrected chi connectivity index (χ0v) is 24.8. The Bertz CT molecular complexity index is 734. The molecule has 1 aromatic carbocycles. The van der Waals surface area contributed by atoms with E-state index in [1.54, 1.807) is 0 Å². The van der Waals surface area contributed by atoms with Gasteiger partial charge < -0.3 is 9.47 Å². The lowest BCUT2D eigenvalue weighted by Crippen LogP contribution is -2.83. The van der Waals surface area contributed by atoms with Crippen molar-refractivity contribution >= 4 is 35.4 Å². The molecule has 0 spiro atoms. The number of benzene rings is 1. The Morgan fingerprint density at radius 2 is 1.43 bits per heavy atom. The molecule has 0 aromatic heterocycles. The normalized spacial score (nSPS) is 20.9. The Hall–Kier alpha value is -0.902. The molecule has 0 radical (unpaired) electrons. The molecule has 3 nitrogen and oxygen atoms in total. The zero-order valence-electron chi connectivity index (χ0n) is 20.8. The van der Waals surface area contributed by atoms with Crippen LogP contribution < -0.4 is 0 Å². The second kappa shape index (κ2) is 8.92. The van der Waals surface area contributed by atoms with Crippen molar-refractivity contribution in [1.29, 1.82) is 0 Å². The van der Waals surface area contributed by atoms with E-state index in [1.165, 1.54) is 18.7 Å². The number of carbonyl (C=O) groups is 1. The Balaban J connectivity index is 2.53. The highest BCUT2D eigenvalue weighted by atomic mass is 29.9. The molecular formula is C23H42O3Si4. The number of esters is 1. The maximum atomic E-state index is 12.5. The van der Waals surface area contributed by atoms with Gasteiger partial charge in [0.25, 0.3) is 0 Å². The Morgan fingerprint density at radius 3 is 1.87 bits per heavy atom. The van der Waals surface area contributed by atoms with Gasteiger partial charge in [-0.3, -0.25) is 0 Å². The molecule has 7 heteroatoms. The summed E-state index contributed by atoms with van der Waals surface area (Å²) in [6, 6.07) is 11.7. The van der Waals surface area contributed by atoms with Gasteiger partial charge in [-0.25, -0.2) is 4.79 Å². The summed E-state index contributed by atoms with van der Waals surface area (Å²) in [6.45, 7) is 22.0. The summed E-state index contributed by atoms with van der Waals surface area (Å²) in [5.74, 6) is 0.268. The maximum absolute atomic E-state index is 12.5. The van der Waals surface area contributed by atoms with Gasteiger partial charge in [0.2, 0.25) is 5.76 Å². The molecule has 2 rings (SSSR count). The molecular weight excluding hydrogens is 437 g/mol. The second-order valence-corrected chi connectivity index (χ2v) is 53.3. The summed E-state index contributed by atoms with van der Waals surface area (Å²) < 4.78 is 11.5. The first-order valence-corrected chi connectivity index (χ1v) is 26.9. The standard InChI is InChI=1S/C23H42O3Si4/c1-25-23(24)22-17-20(19-14-12-11-13-15-19)16-21(26-22)18-30(27(2,3)4,28(5,6)7)29(8,9)10/h11-15,17,20-21H,16,18H2,1-10H3. The highest BCUT2D eigenvalue weighted by molar-refractivity contribution is 7.89. The lowest BCUT2D eigenvalue weighted by Gasteiger charge is -2.58. The van der Waals surface area contributed by atoms with E-state index >= 15 is 0 Å². The highest BCUT2D eigenvalue weighted by Crippen LogP contribution is 2.44. The van der Waals surface area contributed by atoms with E-state index in [9.17, 15) is 4.79 Å². The largest absolute Gasteiger partial charge is 0.484 e. The molecule has 1 heterocycles. The number of ether oxygens (including phenoxy) is 2. The number of rotatable bonds is 7.